The standard InChI is InChI=1S/C21H24N6/c22-19-13-18(20-21(24-19)26-27-25-20)17(16-9-5-2-6-10-16)11-12-23-14-15-7-3-1-4-8-15/h1-10,13,17,23,25,27H,11-12,14H2,(H3,22,24,26)/p+1. The maximum absolute atomic E-state index is 6.07. The Morgan fingerprint density at radius 1 is 1.00 bits per heavy atom. The van der Waals surface area contributed by atoms with Crippen LogP contribution in [0.2, 0.25) is 0 Å². The fraction of sp³-hybridized carbons (Fsp3) is 0.190. The maximum Gasteiger partial charge on any atom is 0.207 e. The zero-order valence-corrected chi connectivity index (χ0v) is 15.2. The molecule has 2 heterocycles. The Labute approximate surface area is 159 Å². The molecule has 0 aliphatic carbocycles. The van der Waals surface area contributed by atoms with E-state index in [9.17, 15) is 0 Å². The minimum absolute atomic E-state index is 0.231. The quantitative estimate of drug-likeness (QED) is 0.329. The predicted octanol–water partition coefficient (Wildman–Crippen LogP) is 2.21. The first kappa shape index (κ1) is 17.3. The molecule has 3 aromatic rings. The summed E-state index contributed by atoms with van der Waals surface area (Å²) in [5.74, 6) is 1.56. The van der Waals surface area contributed by atoms with Crippen molar-refractivity contribution in [2.75, 3.05) is 23.1 Å². The normalized spacial score (nSPS) is 13.5. The van der Waals surface area contributed by atoms with Gasteiger partial charge >= 0.3 is 0 Å². The first-order valence-electron chi connectivity index (χ1n) is 9.26. The number of nitrogens with zero attached hydrogens (tertiary/aromatic N) is 1. The van der Waals surface area contributed by atoms with Gasteiger partial charge in [-0.05, 0) is 35.7 Å². The fourth-order valence-electron chi connectivity index (χ4n) is 3.56. The third kappa shape index (κ3) is 4.02. The molecule has 0 spiro atoms. The van der Waals surface area contributed by atoms with Gasteiger partial charge in [0, 0.05) is 12.5 Å². The largest absolute Gasteiger partial charge is 0.384 e. The molecule has 6 nitrogen and oxygen atoms in total. The Hall–Kier alpha value is -3.09. The van der Waals surface area contributed by atoms with Crippen molar-refractivity contribution in [3.05, 3.63) is 83.4 Å². The Balaban J connectivity index is 1.54. The molecule has 0 saturated heterocycles. The number of nitrogens with two attached hydrogens (primary N) is 2. The van der Waals surface area contributed by atoms with Crippen molar-refractivity contribution in [3.8, 4) is 0 Å². The molecule has 27 heavy (non-hydrogen) atoms. The Morgan fingerprint density at radius 2 is 1.74 bits per heavy atom. The molecule has 0 bridgehead atoms. The van der Waals surface area contributed by atoms with E-state index in [0.29, 0.717) is 5.82 Å². The third-order valence-corrected chi connectivity index (χ3v) is 4.85. The number of hydrogen-bond acceptors (Lipinski definition) is 5. The van der Waals surface area contributed by atoms with Crippen molar-refractivity contribution >= 4 is 17.3 Å². The van der Waals surface area contributed by atoms with Crippen molar-refractivity contribution in [1.29, 1.82) is 0 Å². The molecule has 138 valence electrons. The number of quaternary nitrogens is 1. The summed E-state index contributed by atoms with van der Waals surface area (Å²) in [5.41, 5.74) is 19.1. The second-order valence-electron chi connectivity index (χ2n) is 6.71. The number of rotatable bonds is 7. The van der Waals surface area contributed by atoms with E-state index in [1.165, 1.54) is 16.7 Å². The van der Waals surface area contributed by atoms with E-state index in [1.807, 2.05) is 18.2 Å². The van der Waals surface area contributed by atoms with Gasteiger partial charge in [0.05, 0.1) is 0 Å². The molecular formula is C21H25N6+. The molecular weight excluding hydrogens is 336 g/mol. The maximum atomic E-state index is 6.07. The number of benzene rings is 2. The first-order valence-corrected chi connectivity index (χ1v) is 9.26. The monoisotopic (exact) mass is 361 g/mol. The average Bonchev–Trinajstić information content (AvgIpc) is 3.17. The summed E-state index contributed by atoms with van der Waals surface area (Å²) in [6, 6.07) is 23.0. The van der Waals surface area contributed by atoms with Gasteiger partial charge in [0.15, 0.2) is 0 Å². The van der Waals surface area contributed by atoms with Crippen LogP contribution in [-0.2, 0) is 6.54 Å². The lowest BCUT2D eigenvalue weighted by molar-refractivity contribution is -0.588. The number of aromatic nitrogens is 1. The number of anilines is 3. The van der Waals surface area contributed by atoms with E-state index in [2.05, 4.69) is 69.7 Å². The highest BCUT2D eigenvalue weighted by atomic mass is 15.6. The van der Waals surface area contributed by atoms with E-state index >= 15 is 0 Å². The van der Waals surface area contributed by atoms with Crippen LogP contribution in [0.4, 0.5) is 17.3 Å². The van der Waals surface area contributed by atoms with E-state index in [1.54, 1.807) is 5.53 Å². The molecule has 2 aromatic carbocycles. The number of hydrogen-bond donors (Lipinski definition) is 5. The van der Waals surface area contributed by atoms with E-state index in [0.717, 1.165) is 31.0 Å². The number of pyridine rings is 1. The van der Waals surface area contributed by atoms with Gasteiger partial charge in [-0.15, -0.1) is 5.53 Å². The van der Waals surface area contributed by atoms with Gasteiger partial charge in [-0.1, -0.05) is 60.7 Å². The Morgan fingerprint density at radius 3 is 2.52 bits per heavy atom. The molecule has 1 aliphatic rings. The Kier molecular flexibility index (Phi) is 5.18. The van der Waals surface area contributed by atoms with Crippen LogP contribution < -0.4 is 27.4 Å². The van der Waals surface area contributed by atoms with Crippen LogP contribution in [-0.4, -0.2) is 11.5 Å². The summed E-state index contributed by atoms with van der Waals surface area (Å²) in [6.45, 7) is 1.77. The number of nitrogen functional groups attached to an aromatic ring is 3. The molecule has 0 amide bonds. The van der Waals surface area contributed by atoms with Crippen molar-refractivity contribution in [3.63, 3.8) is 0 Å². The molecule has 1 atom stereocenters. The summed E-state index contributed by atoms with van der Waals surface area (Å²) in [6.07, 6.45) is 0.967. The van der Waals surface area contributed by atoms with Gasteiger partial charge in [-0.3, -0.25) is 0 Å². The van der Waals surface area contributed by atoms with Gasteiger partial charge in [-0.25, -0.2) is 10.4 Å². The second-order valence-corrected chi connectivity index (χ2v) is 6.71. The number of nitrogens with one attached hydrogen (secondary N) is 3. The SMILES string of the molecule is Nc1cc(C(CCNCc2ccccc2)c2ccccc2)c2c(n1)N[NH2+]N2. The minimum atomic E-state index is 0.231. The zero-order chi connectivity index (χ0) is 18.5. The molecule has 0 saturated carbocycles. The van der Waals surface area contributed by atoms with Gasteiger partial charge in [0.25, 0.3) is 0 Å². The van der Waals surface area contributed by atoms with Crippen molar-refractivity contribution in [2.24, 2.45) is 0 Å². The zero-order valence-electron chi connectivity index (χ0n) is 15.2. The smallest absolute Gasteiger partial charge is 0.207 e. The molecule has 1 aromatic heterocycles. The minimum Gasteiger partial charge on any atom is -0.384 e. The highest BCUT2D eigenvalue weighted by molar-refractivity contribution is 5.72. The van der Waals surface area contributed by atoms with Crippen molar-refractivity contribution in [1.82, 2.24) is 10.3 Å². The summed E-state index contributed by atoms with van der Waals surface area (Å²) >= 11 is 0. The van der Waals surface area contributed by atoms with E-state index in [4.69, 9.17) is 5.73 Å². The third-order valence-electron chi connectivity index (χ3n) is 4.85. The van der Waals surface area contributed by atoms with E-state index in [-0.39, 0.29) is 5.92 Å². The van der Waals surface area contributed by atoms with Crippen LogP contribution >= 0.6 is 0 Å². The fourth-order valence-corrected chi connectivity index (χ4v) is 3.56. The van der Waals surface area contributed by atoms with Gasteiger partial charge in [-0.2, -0.15) is 5.43 Å². The van der Waals surface area contributed by atoms with Gasteiger partial charge in [0.1, 0.15) is 11.5 Å². The molecule has 7 N–H and O–H groups in total. The molecule has 1 aliphatic heterocycles. The number of fused-ring (bicyclic) bond motifs is 1. The second kappa shape index (κ2) is 8.07. The highest BCUT2D eigenvalue weighted by Crippen LogP contribution is 2.37. The molecule has 1 unspecified atom stereocenters. The van der Waals surface area contributed by atoms with E-state index < -0.39 is 0 Å². The summed E-state index contributed by atoms with van der Waals surface area (Å²) in [5, 5.41) is 3.56. The van der Waals surface area contributed by atoms with Gasteiger partial charge in [0.2, 0.25) is 5.82 Å². The van der Waals surface area contributed by atoms with Crippen LogP contribution in [0.3, 0.4) is 0 Å². The van der Waals surface area contributed by atoms with Crippen LogP contribution in [0.1, 0.15) is 29.0 Å². The van der Waals surface area contributed by atoms with Crippen molar-refractivity contribution in [2.45, 2.75) is 18.9 Å². The van der Waals surface area contributed by atoms with Crippen LogP contribution in [0.15, 0.2) is 66.7 Å². The molecule has 0 fully saturated rings. The van der Waals surface area contributed by atoms with Crippen LogP contribution in [0.5, 0.6) is 0 Å². The van der Waals surface area contributed by atoms with Crippen LogP contribution in [0.25, 0.3) is 0 Å². The first-order chi connectivity index (χ1) is 13.3. The lowest BCUT2D eigenvalue weighted by atomic mass is 9.87. The molecule has 0 radical (unpaired) electrons. The lowest BCUT2D eigenvalue weighted by Crippen LogP contribution is -2.89. The van der Waals surface area contributed by atoms with Crippen molar-refractivity contribution < 1.29 is 5.53 Å². The Bertz CT molecular complexity index is 882. The summed E-state index contributed by atoms with van der Waals surface area (Å²) in [7, 11) is 0. The molecule has 6 heteroatoms. The average molecular weight is 361 g/mol. The van der Waals surface area contributed by atoms with Gasteiger partial charge < -0.3 is 11.1 Å². The summed E-state index contributed by atoms with van der Waals surface area (Å²) in [4.78, 5) is 4.38. The molecule has 4 rings (SSSR count). The topological polar surface area (TPSA) is 91.6 Å². The predicted molar refractivity (Wildman–Crippen MR) is 109 cm³/mol. The summed E-state index contributed by atoms with van der Waals surface area (Å²) < 4.78 is 0. The highest BCUT2D eigenvalue weighted by Gasteiger charge is 2.25. The lowest BCUT2D eigenvalue weighted by Gasteiger charge is -2.20. The van der Waals surface area contributed by atoms with Crippen LogP contribution in [0, 0.1) is 0 Å².